The summed E-state index contributed by atoms with van der Waals surface area (Å²) in [5.41, 5.74) is 0. The topological polar surface area (TPSA) is 24.9 Å². The Bertz CT molecular complexity index is 499. The van der Waals surface area contributed by atoms with Gasteiger partial charge in [-0.15, -0.1) is 0 Å². The first-order valence-corrected chi connectivity index (χ1v) is 7.52. The molecule has 2 nitrogen and oxygen atoms in total. The summed E-state index contributed by atoms with van der Waals surface area (Å²) in [4.78, 5) is 6.73. The van der Waals surface area contributed by atoms with Crippen molar-refractivity contribution >= 4 is 33.5 Å². The molecule has 0 unspecified atom stereocenters. The Balaban J connectivity index is 2.06. The predicted octanol–water partition coefficient (Wildman–Crippen LogP) is 4.82. The lowest BCUT2D eigenvalue weighted by molar-refractivity contribution is 0.967. The van der Waals surface area contributed by atoms with Gasteiger partial charge >= 0.3 is 0 Å². The molecule has 18 heavy (non-hydrogen) atoms. The van der Waals surface area contributed by atoms with Gasteiger partial charge in [-0.25, -0.2) is 4.98 Å². The van der Waals surface area contributed by atoms with Gasteiger partial charge in [0.2, 0.25) is 0 Å². The molecule has 0 aliphatic rings. The molecule has 1 aromatic carbocycles. The molecule has 0 spiro atoms. The lowest BCUT2D eigenvalue weighted by Crippen LogP contribution is -2.01. The Morgan fingerprint density at radius 1 is 1.17 bits per heavy atom. The van der Waals surface area contributed by atoms with Crippen LogP contribution in [0.1, 0.15) is 13.3 Å². The van der Waals surface area contributed by atoms with Crippen LogP contribution in [0.5, 0.6) is 0 Å². The van der Waals surface area contributed by atoms with E-state index >= 15 is 0 Å². The first kappa shape index (κ1) is 13.4. The van der Waals surface area contributed by atoms with Crippen molar-refractivity contribution in [2.45, 2.75) is 23.1 Å². The van der Waals surface area contributed by atoms with Gasteiger partial charge in [-0.1, -0.05) is 34.6 Å². The van der Waals surface area contributed by atoms with Crippen molar-refractivity contribution in [2.24, 2.45) is 0 Å². The fraction of sp³-hybridized carbons (Fsp3) is 0.214. The van der Waals surface area contributed by atoms with Gasteiger partial charge in [0, 0.05) is 27.0 Å². The van der Waals surface area contributed by atoms with Crippen molar-refractivity contribution in [3.05, 3.63) is 47.1 Å². The molecule has 0 aliphatic heterocycles. The van der Waals surface area contributed by atoms with E-state index < -0.39 is 0 Å². The Kier molecular flexibility index (Phi) is 5.08. The average molecular weight is 323 g/mol. The molecule has 0 amide bonds. The van der Waals surface area contributed by atoms with E-state index in [1.807, 2.05) is 12.3 Å². The van der Waals surface area contributed by atoms with Crippen LogP contribution in [0.25, 0.3) is 0 Å². The second-order valence-corrected chi connectivity index (χ2v) is 5.92. The van der Waals surface area contributed by atoms with Crippen LogP contribution in [0.2, 0.25) is 0 Å². The molecular weight excluding hydrogens is 308 g/mol. The number of halogens is 1. The number of hydrogen-bond acceptors (Lipinski definition) is 3. The maximum absolute atomic E-state index is 4.30. The zero-order valence-corrected chi connectivity index (χ0v) is 12.6. The number of nitrogens with zero attached hydrogens (tertiary/aromatic N) is 1. The van der Waals surface area contributed by atoms with Gasteiger partial charge < -0.3 is 5.32 Å². The van der Waals surface area contributed by atoms with Crippen LogP contribution in [0, 0.1) is 0 Å². The Morgan fingerprint density at radius 2 is 1.94 bits per heavy atom. The molecule has 0 saturated carbocycles. The molecule has 2 rings (SSSR count). The van der Waals surface area contributed by atoms with Gasteiger partial charge in [-0.2, -0.15) is 0 Å². The highest BCUT2D eigenvalue weighted by atomic mass is 79.9. The standard InChI is InChI=1S/C14H15BrN2S/c1-2-8-16-14-10-13(7-9-17-14)18-12-5-3-11(15)4-6-12/h3-7,9-10H,2,8H2,1H3,(H,16,17). The first-order chi connectivity index (χ1) is 8.78. The fourth-order valence-electron chi connectivity index (χ4n) is 1.46. The van der Waals surface area contributed by atoms with Crippen LogP contribution < -0.4 is 5.32 Å². The zero-order valence-electron chi connectivity index (χ0n) is 10.2. The minimum atomic E-state index is 0.943. The summed E-state index contributed by atoms with van der Waals surface area (Å²) in [6, 6.07) is 12.4. The summed E-state index contributed by atoms with van der Waals surface area (Å²) in [6.07, 6.45) is 2.95. The maximum Gasteiger partial charge on any atom is 0.127 e. The summed E-state index contributed by atoms with van der Waals surface area (Å²) >= 11 is 5.18. The lowest BCUT2D eigenvalue weighted by Gasteiger charge is -2.06. The van der Waals surface area contributed by atoms with E-state index in [4.69, 9.17) is 0 Å². The summed E-state index contributed by atoms with van der Waals surface area (Å²) in [6.45, 7) is 3.10. The third kappa shape index (κ3) is 4.03. The van der Waals surface area contributed by atoms with Gasteiger partial charge in [0.05, 0.1) is 0 Å². The normalized spacial score (nSPS) is 10.3. The van der Waals surface area contributed by atoms with Gasteiger partial charge in [0.1, 0.15) is 5.82 Å². The molecule has 0 saturated heterocycles. The van der Waals surface area contributed by atoms with Gasteiger partial charge in [0.15, 0.2) is 0 Å². The Hall–Kier alpha value is -1.00. The number of pyridine rings is 1. The lowest BCUT2D eigenvalue weighted by atomic mass is 10.4. The van der Waals surface area contributed by atoms with Crippen LogP contribution >= 0.6 is 27.7 Å². The van der Waals surface area contributed by atoms with Crippen LogP contribution in [0.4, 0.5) is 5.82 Å². The van der Waals surface area contributed by atoms with Crippen LogP contribution in [0.3, 0.4) is 0 Å². The van der Waals surface area contributed by atoms with E-state index in [2.05, 4.69) is 63.5 Å². The van der Waals surface area contributed by atoms with E-state index in [0.29, 0.717) is 0 Å². The molecule has 94 valence electrons. The molecule has 1 heterocycles. The van der Waals surface area contributed by atoms with Crippen molar-refractivity contribution in [3.63, 3.8) is 0 Å². The number of anilines is 1. The van der Waals surface area contributed by atoms with E-state index in [0.717, 1.165) is 23.3 Å². The zero-order chi connectivity index (χ0) is 12.8. The summed E-state index contributed by atoms with van der Waals surface area (Å²) in [7, 11) is 0. The van der Waals surface area contributed by atoms with E-state index in [1.165, 1.54) is 9.79 Å². The number of benzene rings is 1. The van der Waals surface area contributed by atoms with Gasteiger partial charge in [-0.05, 0) is 42.8 Å². The smallest absolute Gasteiger partial charge is 0.127 e. The molecule has 0 atom stereocenters. The van der Waals surface area contributed by atoms with Crippen molar-refractivity contribution < 1.29 is 0 Å². The molecule has 0 fully saturated rings. The Labute approximate surface area is 120 Å². The number of rotatable bonds is 5. The third-order valence-corrected chi connectivity index (χ3v) is 3.86. The largest absolute Gasteiger partial charge is 0.370 e. The summed E-state index contributed by atoms with van der Waals surface area (Å²) in [5, 5.41) is 3.30. The third-order valence-electron chi connectivity index (χ3n) is 2.34. The van der Waals surface area contributed by atoms with Crippen molar-refractivity contribution in [2.75, 3.05) is 11.9 Å². The molecule has 0 radical (unpaired) electrons. The maximum atomic E-state index is 4.30. The van der Waals surface area contributed by atoms with Crippen molar-refractivity contribution in [1.29, 1.82) is 0 Å². The average Bonchev–Trinajstić information content (AvgIpc) is 2.40. The molecule has 4 heteroatoms. The quantitative estimate of drug-likeness (QED) is 0.854. The van der Waals surface area contributed by atoms with Crippen molar-refractivity contribution in [1.82, 2.24) is 4.98 Å². The first-order valence-electron chi connectivity index (χ1n) is 5.91. The Morgan fingerprint density at radius 3 is 2.67 bits per heavy atom. The minimum absolute atomic E-state index is 0.943. The number of nitrogens with one attached hydrogen (secondary N) is 1. The predicted molar refractivity (Wildman–Crippen MR) is 81.3 cm³/mol. The van der Waals surface area contributed by atoms with Crippen LogP contribution in [-0.4, -0.2) is 11.5 Å². The summed E-state index contributed by atoms with van der Waals surface area (Å²) < 4.78 is 1.10. The number of aromatic nitrogens is 1. The molecule has 0 aliphatic carbocycles. The second-order valence-electron chi connectivity index (χ2n) is 3.86. The highest BCUT2D eigenvalue weighted by Gasteiger charge is 1.99. The van der Waals surface area contributed by atoms with E-state index in [-0.39, 0.29) is 0 Å². The molecular formula is C14H15BrN2S. The molecule has 1 N–H and O–H groups in total. The highest BCUT2D eigenvalue weighted by molar-refractivity contribution is 9.10. The van der Waals surface area contributed by atoms with Crippen molar-refractivity contribution in [3.8, 4) is 0 Å². The SMILES string of the molecule is CCCNc1cc(Sc2ccc(Br)cc2)ccn1. The molecule has 1 aromatic heterocycles. The monoisotopic (exact) mass is 322 g/mol. The molecule has 2 aromatic rings. The van der Waals surface area contributed by atoms with Gasteiger partial charge in [0.25, 0.3) is 0 Å². The molecule has 0 bridgehead atoms. The fourth-order valence-corrected chi connectivity index (χ4v) is 2.57. The van der Waals surface area contributed by atoms with E-state index in [9.17, 15) is 0 Å². The van der Waals surface area contributed by atoms with E-state index in [1.54, 1.807) is 11.8 Å². The highest BCUT2D eigenvalue weighted by Crippen LogP contribution is 2.29. The summed E-state index contributed by atoms with van der Waals surface area (Å²) in [5.74, 6) is 0.943. The second kappa shape index (κ2) is 6.81. The van der Waals surface area contributed by atoms with Crippen LogP contribution in [0.15, 0.2) is 56.9 Å². The van der Waals surface area contributed by atoms with Gasteiger partial charge in [-0.3, -0.25) is 0 Å². The number of hydrogen-bond donors (Lipinski definition) is 1. The van der Waals surface area contributed by atoms with Crippen LogP contribution in [-0.2, 0) is 0 Å². The minimum Gasteiger partial charge on any atom is -0.370 e.